The van der Waals surface area contributed by atoms with Gasteiger partial charge in [0.25, 0.3) is 5.91 Å². The molecule has 0 aromatic carbocycles. The van der Waals surface area contributed by atoms with Gasteiger partial charge < -0.3 is 16.4 Å². The van der Waals surface area contributed by atoms with Gasteiger partial charge in [0.1, 0.15) is 6.04 Å². The van der Waals surface area contributed by atoms with E-state index in [-0.39, 0.29) is 12.5 Å². The van der Waals surface area contributed by atoms with Crippen LogP contribution in [0.2, 0.25) is 0 Å². The molecule has 0 saturated carbocycles. The Morgan fingerprint density at radius 2 is 2.32 bits per heavy atom. The summed E-state index contributed by atoms with van der Waals surface area (Å²) in [7, 11) is 0. The zero-order valence-electron chi connectivity index (χ0n) is 10.4. The van der Waals surface area contributed by atoms with Crippen LogP contribution in [0.1, 0.15) is 28.1 Å². The summed E-state index contributed by atoms with van der Waals surface area (Å²) >= 11 is 1.39. The Morgan fingerprint density at radius 1 is 1.53 bits per heavy atom. The van der Waals surface area contributed by atoms with E-state index in [1.165, 1.54) is 11.3 Å². The fraction of sp³-hybridized carbons (Fsp3) is 0.385. The van der Waals surface area contributed by atoms with Crippen LogP contribution in [-0.2, 0) is 4.79 Å². The first-order valence-electron chi connectivity index (χ1n) is 6.01. The van der Waals surface area contributed by atoms with Gasteiger partial charge in [-0.1, -0.05) is 11.8 Å². The monoisotopic (exact) mass is 277 g/mol. The molecule has 1 saturated heterocycles. The summed E-state index contributed by atoms with van der Waals surface area (Å²) in [6, 6.07) is 1.25. The Morgan fingerprint density at radius 3 is 3.00 bits per heavy atom. The summed E-state index contributed by atoms with van der Waals surface area (Å²) in [6.45, 7) is 0.864. The average molecular weight is 277 g/mol. The SMILES string of the molecule is NCC#Cc1cc(C(=O)N2CCCC2C(N)=O)cs1. The number of nitrogens with zero attached hydrogens (tertiary/aromatic N) is 1. The maximum absolute atomic E-state index is 12.3. The standard InChI is InChI=1S/C13H15N3O2S/c14-5-1-3-10-7-9(8-19-10)13(18)16-6-2-4-11(16)12(15)17/h7-8,11H,2,4-6,14H2,(H2,15,17). The van der Waals surface area contributed by atoms with E-state index in [0.29, 0.717) is 18.5 Å². The number of rotatable bonds is 2. The largest absolute Gasteiger partial charge is 0.368 e. The van der Waals surface area contributed by atoms with Crippen molar-refractivity contribution in [2.24, 2.45) is 11.5 Å². The maximum atomic E-state index is 12.3. The molecule has 4 N–H and O–H groups in total. The molecule has 1 aliphatic heterocycles. The van der Waals surface area contributed by atoms with Crippen molar-refractivity contribution in [3.8, 4) is 11.8 Å². The normalized spacial score (nSPS) is 17.9. The molecule has 6 heteroatoms. The molecule has 0 bridgehead atoms. The third kappa shape index (κ3) is 2.95. The summed E-state index contributed by atoms with van der Waals surface area (Å²) in [6.07, 6.45) is 1.45. The molecule has 1 aliphatic rings. The van der Waals surface area contributed by atoms with Gasteiger partial charge in [-0.25, -0.2) is 0 Å². The van der Waals surface area contributed by atoms with E-state index in [4.69, 9.17) is 11.5 Å². The quantitative estimate of drug-likeness (QED) is 0.754. The predicted molar refractivity (Wildman–Crippen MR) is 73.5 cm³/mol. The zero-order valence-corrected chi connectivity index (χ0v) is 11.2. The number of primary amides is 1. The lowest BCUT2D eigenvalue weighted by Gasteiger charge is -2.21. The van der Waals surface area contributed by atoms with Crippen LogP contribution < -0.4 is 11.5 Å². The second-order valence-corrected chi connectivity index (χ2v) is 5.18. The van der Waals surface area contributed by atoms with Crippen LogP contribution in [-0.4, -0.2) is 35.8 Å². The molecule has 2 heterocycles. The fourth-order valence-electron chi connectivity index (χ4n) is 2.12. The molecule has 1 fully saturated rings. The van der Waals surface area contributed by atoms with E-state index in [9.17, 15) is 9.59 Å². The van der Waals surface area contributed by atoms with Crippen LogP contribution in [0.4, 0.5) is 0 Å². The van der Waals surface area contributed by atoms with Crippen molar-refractivity contribution in [1.29, 1.82) is 0 Å². The van der Waals surface area contributed by atoms with Gasteiger partial charge in [-0.3, -0.25) is 9.59 Å². The molecule has 2 rings (SSSR count). The highest BCUT2D eigenvalue weighted by atomic mass is 32.1. The van der Waals surface area contributed by atoms with Crippen LogP contribution in [0.5, 0.6) is 0 Å². The van der Waals surface area contributed by atoms with Crippen molar-refractivity contribution >= 4 is 23.2 Å². The van der Waals surface area contributed by atoms with Crippen LogP contribution in [0.3, 0.4) is 0 Å². The van der Waals surface area contributed by atoms with Gasteiger partial charge in [0, 0.05) is 11.9 Å². The predicted octanol–water partition coefficient (Wildman–Crippen LogP) is 0.148. The number of hydrogen-bond acceptors (Lipinski definition) is 4. The molecule has 1 atom stereocenters. The van der Waals surface area contributed by atoms with Crippen molar-refractivity contribution in [3.63, 3.8) is 0 Å². The molecule has 5 nitrogen and oxygen atoms in total. The molecule has 1 aromatic rings. The minimum absolute atomic E-state index is 0.154. The molecule has 2 amide bonds. The highest BCUT2D eigenvalue weighted by Crippen LogP contribution is 2.22. The minimum atomic E-state index is -0.481. The van der Waals surface area contributed by atoms with Gasteiger partial charge >= 0.3 is 0 Å². The summed E-state index contributed by atoms with van der Waals surface area (Å²) in [4.78, 5) is 25.9. The van der Waals surface area contributed by atoms with Gasteiger partial charge in [-0.05, 0) is 18.9 Å². The summed E-state index contributed by atoms with van der Waals surface area (Å²) in [5, 5.41) is 1.75. The third-order valence-corrected chi connectivity index (χ3v) is 3.85. The number of amides is 2. The molecular formula is C13H15N3O2S. The Bertz CT molecular complexity index is 556. The number of carbonyl (C=O) groups excluding carboxylic acids is 2. The fourth-order valence-corrected chi connectivity index (χ4v) is 2.87. The molecule has 100 valence electrons. The lowest BCUT2D eigenvalue weighted by Crippen LogP contribution is -2.43. The van der Waals surface area contributed by atoms with Crippen molar-refractivity contribution in [1.82, 2.24) is 4.90 Å². The van der Waals surface area contributed by atoms with E-state index in [0.717, 1.165) is 11.3 Å². The summed E-state index contributed by atoms with van der Waals surface area (Å²) in [5.74, 6) is 5.03. The zero-order chi connectivity index (χ0) is 13.8. The Labute approximate surface area is 115 Å². The van der Waals surface area contributed by atoms with Gasteiger partial charge in [0.05, 0.1) is 17.0 Å². The van der Waals surface area contributed by atoms with E-state index in [2.05, 4.69) is 11.8 Å². The maximum Gasteiger partial charge on any atom is 0.255 e. The van der Waals surface area contributed by atoms with Crippen LogP contribution in [0.15, 0.2) is 11.4 Å². The molecule has 19 heavy (non-hydrogen) atoms. The Hall–Kier alpha value is -1.84. The third-order valence-electron chi connectivity index (χ3n) is 3.00. The number of thiophene rings is 1. The van der Waals surface area contributed by atoms with Crippen molar-refractivity contribution in [2.45, 2.75) is 18.9 Å². The second-order valence-electron chi connectivity index (χ2n) is 4.26. The second kappa shape index (κ2) is 5.87. The van der Waals surface area contributed by atoms with E-state index < -0.39 is 11.9 Å². The average Bonchev–Trinajstić information content (AvgIpc) is 3.04. The van der Waals surface area contributed by atoms with Gasteiger partial charge in [-0.15, -0.1) is 11.3 Å². The van der Waals surface area contributed by atoms with Crippen LogP contribution >= 0.6 is 11.3 Å². The first kappa shape index (κ1) is 13.6. The summed E-state index contributed by atoms with van der Waals surface area (Å²) in [5.41, 5.74) is 11.2. The highest BCUT2D eigenvalue weighted by molar-refractivity contribution is 7.10. The van der Waals surface area contributed by atoms with Crippen LogP contribution in [0.25, 0.3) is 0 Å². The van der Waals surface area contributed by atoms with Crippen molar-refractivity contribution in [2.75, 3.05) is 13.1 Å². The highest BCUT2D eigenvalue weighted by Gasteiger charge is 2.33. The number of likely N-dealkylation sites (tertiary alicyclic amines) is 1. The first-order chi connectivity index (χ1) is 9.13. The number of hydrogen-bond donors (Lipinski definition) is 2. The van der Waals surface area contributed by atoms with E-state index >= 15 is 0 Å². The first-order valence-corrected chi connectivity index (χ1v) is 6.89. The Kier molecular flexibility index (Phi) is 4.20. The number of carbonyl (C=O) groups is 2. The van der Waals surface area contributed by atoms with Crippen molar-refractivity contribution in [3.05, 3.63) is 21.9 Å². The Balaban J connectivity index is 2.15. The molecule has 0 spiro atoms. The van der Waals surface area contributed by atoms with Crippen molar-refractivity contribution < 1.29 is 9.59 Å². The topological polar surface area (TPSA) is 89.4 Å². The van der Waals surface area contributed by atoms with Gasteiger partial charge in [0.2, 0.25) is 5.91 Å². The van der Waals surface area contributed by atoms with Crippen LogP contribution in [0, 0.1) is 11.8 Å². The smallest absolute Gasteiger partial charge is 0.255 e. The molecule has 1 unspecified atom stereocenters. The van der Waals surface area contributed by atoms with Gasteiger partial charge in [0.15, 0.2) is 0 Å². The lowest BCUT2D eigenvalue weighted by atomic mass is 10.2. The minimum Gasteiger partial charge on any atom is -0.368 e. The molecule has 0 aliphatic carbocycles. The molecule has 0 radical (unpaired) electrons. The van der Waals surface area contributed by atoms with E-state index in [1.54, 1.807) is 16.3 Å². The van der Waals surface area contributed by atoms with E-state index in [1.807, 2.05) is 0 Å². The molecular weight excluding hydrogens is 262 g/mol. The lowest BCUT2D eigenvalue weighted by molar-refractivity contribution is -0.121. The summed E-state index contributed by atoms with van der Waals surface area (Å²) < 4.78 is 0. The van der Waals surface area contributed by atoms with Gasteiger partial charge in [-0.2, -0.15) is 0 Å². The number of nitrogens with two attached hydrogens (primary N) is 2. The molecule has 1 aromatic heterocycles.